The molecule has 2 aliphatic rings. The largest absolute Gasteiger partial charge is 0.308 e. The Balaban J connectivity index is 1.16. The van der Waals surface area contributed by atoms with E-state index in [2.05, 4.69) is 0 Å². The molecule has 0 aliphatic carbocycles. The van der Waals surface area contributed by atoms with E-state index in [0.29, 0.717) is 47.3 Å². The Bertz CT molecular complexity index is 2060. The van der Waals surface area contributed by atoms with Gasteiger partial charge in [0, 0.05) is 53.6 Å². The number of carbonyl (C=O) groups is 3. The summed E-state index contributed by atoms with van der Waals surface area (Å²) < 4.78 is 28.3. The molecule has 2 heterocycles. The van der Waals surface area contributed by atoms with Gasteiger partial charge in [0.1, 0.15) is 0 Å². The number of anilines is 1. The molecule has 0 radical (unpaired) electrons. The number of amides is 3. The van der Waals surface area contributed by atoms with E-state index >= 15 is 0 Å². The SMILES string of the molecule is O=C1c2cccc3cccc(c23)C(=O)N1CCCN(C(=O)c1ccc(S(=O)(=O)N2CCCCCC2)cc1)c1cccc2ccccc12. The Morgan fingerprint density at radius 2 is 1.28 bits per heavy atom. The van der Waals surface area contributed by atoms with Crippen LogP contribution in [-0.2, 0) is 10.0 Å². The highest BCUT2D eigenvalue weighted by atomic mass is 32.2. The van der Waals surface area contributed by atoms with Gasteiger partial charge in [-0.1, -0.05) is 73.5 Å². The predicted molar refractivity (Wildman–Crippen MR) is 183 cm³/mol. The van der Waals surface area contributed by atoms with Gasteiger partial charge in [0.2, 0.25) is 10.0 Å². The number of rotatable bonds is 8. The topological polar surface area (TPSA) is 95.1 Å². The van der Waals surface area contributed by atoms with E-state index in [1.54, 1.807) is 33.5 Å². The maximum atomic E-state index is 14.2. The molecule has 5 aromatic rings. The molecule has 0 bridgehead atoms. The Morgan fingerprint density at radius 1 is 0.681 bits per heavy atom. The van der Waals surface area contributed by atoms with Crippen molar-refractivity contribution in [1.29, 1.82) is 0 Å². The highest BCUT2D eigenvalue weighted by molar-refractivity contribution is 7.89. The number of fused-ring (bicyclic) bond motifs is 1. The first-order valence-corrected chi connectivity index (χ1v) is 17.6. The van der Waals surface area contributed by atoms with Crippen molar-refractivity contribution in [1.82, 2.24) is 9.21 Å². The molecule has 3 amide bonds. The van der Waals surface area contributed by atoms with E-state index in [-0.39, 0.29) is 35.7 Å². The lowest BCUT2D eigenvalue weighted by Gasteiger charge is -2.29. The summed E-state index contributed by atoms with van der Waals surface area (Å²) in [6, 6.07) is 30.6. The van der Waals surface area contributed by atoms with E-state index in [4.69, 9.17) is 0 Å². The van der Waals surface area contributed by atoms with E-state index < -0.39 is 10.0 Å². The summed E-state index contributed by atoms with van der Waals surface area (Å²) in [4.78, 5) is 44.3. The van der Waals surface area contributed by atoms with Crippen LogP contribution in [0.5, 0.6) is 0 Å². The Labute approximate surface area is 274 Å². The molecule has 0 spiro atoms. The van der Waals surface area contributed by atoms with Crippen molar-refractivity contribution in [3.8, 4) is 0 Å². The van der Waals surface area contributed by atoms with Crippen LogP contribution in [0.2, 0.25) is 0 Å². The van der Waals surface area contributed by atoms with Crippen LogP contribution >= 0.6 is 0 Å². The molecule has 1 saturated heterocycles. The zero-order valence-corrected chi connectivity index (χ0v) is 26.8. The molecule has 2 aliphatic heterocycles. The van der Waals surface area contributed by atoms with Crippen molar-refractivity contribution in [2.75, 3.05) is 31.1 Å². The first kappa shape index (κ1) is 30.8. The van der Waals surface area contributed by atoms with Crippen LogP contribution in [0.3, 0.4) is 0 Å². The average molecular weight is 646 g/mol. The van der Waals surface area contributed by atoms with Gasteiger partial charge in [0.25, 0.3) is 17.7 Å². The lowest BCUT2D eigenvalue weighted by Crippen LogP contribution is -2.42. The summed E-state index contributed by atoms with van der Waals surface area (Å²) in [7, 11) is -3.66. The van der Waals surface area contributed by atoms with Gasteiger partial charge in [-0.3, -0.25) is 19.3 Å². The van der Waals surface area contributed by atoms with Crippen molar-refractivity contribution < 1.29 is 22.8 Å². The lowest BCUT2D eigenvalue weighted by atomic mass is 9.94. The summed E-state index contributed by atoms with van der Waals surface area (Å²) in [5.74, 6) is -0.987. The van der Waals surface area contributed by atoms with Gasteiger partial charge in [0.05, 0.1) is 10.6 Å². The summed E-state index contributed by atoms with van der Waals surface area (Å²) >= 11 is 0. The fourth-order valence-corrected chi connectivity index (χ4v) is 8.32. The third kappa shape index (κ3) is 5.70. The van der Waals surface area contributed by atoms with Crippen molar-refractivity contribution in [2.45, 2.75) is 37.0 Å². The van der Waals surface area contributed by atoms with Crippen LogP contribution in [0.1, 0.15) is 63.2 Å². The molecular formula is C38H35N3O5S. The second-order valence-electron chi connectivity index (χ2n) is 12.1. The first-order chi connectivity index (χ1) is 22.8. The second-order valence-corrected chi connectivity index (χ2v) is 14.1. The summed E-state index contributed by atoms with van der Waals surface area (Å²) in [5.41, 5.74) is 2.03. The molecule has 0 atom stereocenters. The smallest absolute Gasteiger partial charge is 0.261 e. The Hall–Kier alpha value is -4.86. The number of imide groups is 1. The third-order valence-electron chi connectivity index (χ3n) is 9.23. The molecule has 0 unspecified atom stereocenters. The molecule has 238 valence electrons. The van der Waals surface area contributed by atoms with Crippen molar-refractivity contribution in [2.24, 2.45) is 0 Å². The van der Waals surface area contributed by atoms with E-state index in [1.807, 2.05) is 66.7 Å². The van der Waals surface area contributed by atoms with Gasteiger partial charge in [0.15, 0.2) is 0 Å². The van der Waals surface area contributed by atoms with Crippen LogP contribution in [0, 0.1) is 0 Å². The summed E-state index contributed by atoms with van der Waals surface area (Å²) in [6.07, 6.45) is 4.06. The van der Waals surface area contributed by atoms with Gasteiger partial charge in [-0.05, 0) is 72.5 Å². The number of hydrogen-bond acceptors (Lipinski definition) is 5. The van der Waals surface area contributed by atoms with Crippen molar-refractivity contribution in [3.05, 3.63) is 120 Å². The van der Waals surface area contributed by atoms with Crippen molar-refractivity contribution >= 4 is 55.0 Å². The summed E-state index contributed by atoms with van der Waals surface area (Å²) in [6.45, 7) is 1.36. The van der Waals surface area contributed by atoms with E-state index in [0.717, 1.165) is 41.8 Å². The minimum absolute atomic E-state index is 0.129. The first-order valence-electron chi connectivity index (χ1n) is 16.1. The quantitative estimate of drug-likeness (QED) is 0.171. The number of sulfonamides is 1. The highest BCUT2D eigenvalue weighted by Crippen LogP contribution is 2.32. The van der Waals surface area contributed by atoms with Gasteiger partial charge < -0.3 is 4.90 Å². The maximum absolute atomic E-state index is 14.2. The zero-order chi connectivity index (χ0) is 32.5. The second kappa shape index (κ2) is 12.7. The third-order valence-corrected chi connectivity index (χ3v) is 11.1. The number of carbonyl (C=O) groups excluding carboxylic acids is 3. The lowest BCUT2D eigenvalue weighted by molar-refractivity contribution is 0.0610. The fourth-order valence-electron chi connectivity index (χ4n) is 6.80. The minimum Gasteiger partial charge on any atom is -0.308 e. The maximum Gasteiger partial charge on any atom is 0.261 e. The number of hydrogen-bond donors (Lipinski definition) is 0. The van der Waals surface area contributed by atoms with Gasteiger partial charge >= 0.3 is 0 Å². The van der Waals surface area contributed by atoms with E-state index in [9.17, 15) is 22.8 Å². The van der Waals surface area contributed by atoms with Gasteiger partial charge in [-0.15, -0.1) is 0 Å². The normalized spacial score (nSPS) is 15.6. The summed E-state index contributed by atoms with van der Waals surface area (Å²) in [5, 5.41) is 3.37. The fraction of sp³-hybridized carbons (Fsp3) is 0.237. The molecule has 7 rings (SSSR count). The minimum atomic E-state index is -3.66. The molecule has 0 N–H and O–H groups in total. The predicted octanol–water partition coefficient (Wildman–Crippen LogP) is 6.89. The Kier molecular flexibility index (Phi) is 8.34. The van der Waals surface area contributed by atoms with Crippen LogP contribution in [-0.4, -0.2) is 61.5 Å². The molecule has 47 heavy (non-hydrogen) atoms. The number of nitrogens with zero attached hydrogens (tertiary/aromatic N) is 3. The van der Waals surface area contributed by atoms with E-state index in [1.165, 1.54) is 17.0 Å². The van der Waals surface area contributed by atoms with Crippen LogP contribution < -0.4 is 4.90 Å². The Morgan fingerprint density at radius 3 is 1.96 bits per heavy atom. The molecule has 9 heteroatoms. The highest BCUT2D eigenvalue weighted by Gasteiger charge is 2.33. The molecule has 5 aromatic carbocycles. The van der Waals surface area contributed by atoms with Crippen LogP contribution in [0.15, 0.2) is 108 Å². The molecule has 0 saturated carbocycles. The van der Waals surface area contributed by atoms with Crippen LogP contribution in [0.4, 0.5) is 5.69 Å². The zero-order valence-electron chi connectivity index (χ0n) is 26.0. The molecular weight excluding hydrogens is 611 g/mol. The van der Waals surface area contributed by atoms with Crippen molar-refractivity contribution in [3.63, 3.8) is 0 Å². The molecule has 8 nitrogen and oxygen atoms in total. The molecule has 1 fully saturated rings. The van der Waals surface area contributed by atoms with Gasteiger partial charge in [-0.2, -0.15) is 4.31 Å². The average Bonchev–Trinajstić information content (AvgIpc) is 3.41. The standard InChI is InChI=1S/C38H35N3O5S/c42-36(29-19-21-30(22-20-29)47(45,46)39-23-5-1-2-6-24-39)40(34-18-9-12-27-11-3-4-15-31(27)34)25-10-26-41-37(43)32-16-7-13-28-14-8-17-33(35(28)32)38(41)44/h3-4,7-9,11-22H,1-2,5-6,10,23-26H2. The number of benzene rings is 5. The molecule has 0 aromatic heterocycles. The monoisotopic (exact) mass is 645 g/mol. The van der Waals surface area contributed by atoms with Crippen LogP contribution in [0.25, 0.3) is 21.5 Å². The van der Waals surface area contributed by atoms with Gasteiger partial charge in [-0.25, -0.2) is 8.42 Å².